The zero-order valence-corrected chi connectivity index (χ0v) is 13.2. The summed E-state index contributed by atoms with van der Waals surface area (Å²) in [6.07, 6.45) is 0. The predicted molar refractivity (Wildman–Crippen MR) is 84.8 cm³/mol. The number of hydrogen-bond acceptors (Lipinski definition) is 4. The molecule has 5 nitrogen and oxygen atoms in total. The maximum Gasteiger partial charge on any atom is 0.315 e. The summed E-state index contributed by atoms with van der Waals surface area (Å²) >= 11 is 1.35. The average Bonchev–Trinajstić information content (AvgIpc) is 2.73. The second-order valence-corrected chi connectivity index (χ2v) is 6.02. The molecule has 0 bridgehead atoms. The molecule has 0 saturated carbocycles. The molecule has 0 atom stereocenters. The first-order valence-corrected chi connectivity index (χ1v) is 7.32. The molecular formula is C15H17N3O2S. The van der Waals surface area contributed by atoms with Crippen molar-refractivity contribution in [1.82, 2.24) is 4.98 Å². The van der Waals surface area contributed by atoms with E-state index < -0.39 is 11.8 Å². The van der Waals surface area contributed by atoms with Crippen LogP contribution in [0.5, 0.6) is 0 Å². The predicted octanol–water partition coefficient (Wildman–Crippen LogP) is 2.95. The molecule has 1 aromatic carbocycles. The van der Waals surface area contributed by atoms with E-state index in [0.717, 1.165) is 21.7 Å². The van der Waals surface area contributed by atoms with Crippen LogP contribution in [0.15, 0.2) is 18.2 Å². The quantitative estimate of drug-likeness (QED) is 0.838. The molecule has 2 rings (SSSR count). The number of nitrogens with one attached hydrogen (secondary N) is 2. The standard InChI is InChI=1S/C15H17N3O2S/c1-8-6-5-7-12(9(8)2)17-13(19)14(20)18-15-16-10(3)11(4)21-15/h5-7H,1-4H3,(H,17,19)(H,16,18,20). The summed E-state index contributed by atoms with van der Waals surface area (Å²) in [5.41, 5.74) is 3.49. The third-order valence-corrected chi connectivity index (χ3v) is 4.30. The summed E-state index contributed by atoms with van der Waals surface area (Å²) in [7, 11) is 0. The Morgan fingerprint density at radius 1 is 1.05 bits per heavy atom. The summed E-state index contributed by atoms with van der Waals surface area (Å²) in [5, 5.41) is 5.57. The van der Waals surface area contributed by atoms with Crippen molar-refractivity contribution in [3.05, 3.63) is 39.9 Å². The fourth-order valence-electron chi connectivity index (χ4n) is 1.75. The first-order chi connectivity index (χ1) is 9.88. The van der Waals surface area contributed by atoms with Gasteiger partial charge in [-0.3, -0.25) is 14.9 Å². The van der Waals surface area contributed by atoms with Gasteiger partial charge in [0.25, 0.3) is 0 Å². The van der Waals surface area contributed by atoms with Crippen LogP contribution in [-0.2, 0) is 9.59 Å². The Labute approximate surface area is 127 Å². The van der Waals surface area contributed by atoms with Crippen molar-refractivity contribution in [2.45, 2.75) is 27.7 Å². The van der Waals surface area contributed by atoms with Gasteiger partial charge in [-0.1, -0.05) is 12.1 Å². The minimum Gasteiger partial charge on any atom is -0.318 e. The van der Waals surface area contributed by atoms with Gasteiger partial charge in [0.05, 0.1) is 5.69 Å². The van der Waals surface area contributed by atoms with E-state index in [-0.39, 0.29) is 0 Å². The van der Waals surface area contributed by atoms with E-state index in [2.05, 4.69) is 15.6 Å². The zero-order chi connectivity index (χ0) is 15.6. The summed E-state index contributed by atoms with van der Waals surface area (Å²) in [6.45, 7) is 7.62. The number of carbonyl (C=O) groups is 2. The third kappa shape index (κ3) is 3.46. The fraction of sp³-hybridized carbons (Fsp3) is 0.267. The van der Waals surface area contributed by atoms with E-state index >= 15 is 0 Å². The van der Waals surface area contributed by atoms with Crippen LogP contribution in [0, 0.1) is 27.7 Å². The van der Waals surface area contributed by atoms with Gasteiger partial charge < -0.3 is 5.32 Å². The molecule has 0 fully saturated rings. The van der Waals surface area contributed by atoms with Crippen LogP contribution < -0.4 is 10.6 Å². The molecule has 1 heterocycles. The van der Waals surface area contributed by atoms with E-state index in [4.69, 9.17) is 0 Å². The number of anilines is 2. The smallest absolute Gasteiger partial charge is 0.315 e. The molecule has 0 aliphatic heterocycles. The first-order valence-electron chi connectivity index (χ1n) is 6.51. The van der Waals surface area contributed by atoms with Gasteiger partial charge in [0.15, 0.2) is 5.13 Å². The van der Waals surface area contributed by atoms with E-state index in [1.807, 2.05) is 39.8 Å². The Hall–Kier alpha value is -2.21. The average molecular weight is 303 g/mol. The Balaban J connectivity index is 2.06. The van der Waals surface area contributed by atoms with Crippen molar-refractivity contribution in [3.63, 3.8) is 0 Å². The number of hydrogen-bond donors (Lipinski definition) is 2. The van der Waals surface area contributed by atoms with E-state index in [9.17, 15) is 9.59 Å². The van der Waals surface area contributed by atoms with Gasteiger partial charge >= 0.3 is 11.8 Å². The Morgan fingerprint density at radius 3 is 2.33 bits per heavy atom. The minimum atomic E-state index is -0.718. The molecule has 21 heavy (non-hydrogen) atoms. The van der Waals surface area contributed by atoms with Crippen LogP contribution in [0.25, 0.3) is 0 Å². The maximum absolute atomic E-state index is 11.9. The van der Waals surface area contributed by atoms with Crippen LogP contribution in [0.3, 0.4) is 0 Å². The lowest BCUT2D eigenvalue weighted by molar-refractivity contribution is -0.133. The molecule has 0 aliphatic carbocycles. The number of benzene rings is 1. The highest BCUT2D eigenvalue weighted by Crippen LogP contribution is 2.21. The second kappa shape index (κ2) is 6.05. The van der Waals surface area contributed by atoms with Crippen molar-refractivity contribution in [2.75, 3.05) is 10.6 Å². The summed E-state index contributed by atoms with van der Waals surface area (Å²) in [5.74, 6) is -1.42. The molecule has 0 spiro atoms. The van der Waals surface area contributed by atoms with Gasteiger partial charge in [0, 0.05) is 10.6 Å². The minimum absolute atomic E-state index is 0.436. The van der Waals surface area contributed by atoms with E-state index in [1.165, 1.54) is 11.3 Å². The molecule has 6 heteroatoms. The highest BCUT2D eigenvalue weighted by molar-refractivity contribution is 7.15. The topological polar surface area (TPSA) is 71.1 Å². The monoisotopic (exact) mass is 303 g/mol. The van der Waals surface area contributed by atoms with Crippen LogP contribution in [0.4, 0.5) is 10.8 Å². The van der Waals surface area contributed by atoms with Crippen molar-refractivity contribution in [2.24, 2.45) is 0 Å². The molecule has 0 unspecified atom stereocenters. The number of aromatic nitrogens is 1. The third-order valence-electron chi connectivity index (χ3n) is 3.31. The Kier molecular flexibility index (Phi) is 4.37. The van der Waals surface area contributed by atoms with E-state index in [1.54, 1.807) is 6.07 Å². The van der Waals surface area contributed by atoms with Crippen LogP contribution >= 0.6 is 11.3 Å². The van der Waals surface area contributed by atoms with Crippen LogP contribution in [0.2, 0.25) is 0 Å². The van der Waals surface area contributed by atoms with Crippen LogP contribution in [-0.4, -0.2) is 16.8 Å². The summed E-state index contributed by atoms with van der Waals surface area (Å²) in [4.78, 5) is 29.0. The summed E-state index contributed by atoms with van der Waals surface area (Å²) in [6, 6.07) is 5.56. The number of carbonyl (C=O) groups excluding carboxylic acids is 2. The second-order valence-electron chi connectivity index (χ2n) is 4.82. The number of nitrogens with zero attached hydrogens (tertiary/aromatic N) is 1. The highest BCUT2D eigenvalue weighted by atomic mass is 32.1. The molecule has 110 valence electrons. The molecule has 2 amide bonds. The van der Waals surface area contributed by atoms with Crippen molar-refractivity contribution in [3.8, 4) is 0 Å². The lowest BCUT2D eigenvalue weighted by Crippen LogP contribution is -2.29. The first kappa shape index (κ1) is 15.2. The van der Waals surface area contributed by atoms with Crippen molar-refractivity contribution in [1.29, 1.82) is 0 Å². The lowest BCUT2D eigenvalue weighted by atomic mass is 10.1. The molecule has 1 aromatic heterocycles. The number of rotatable bonds is 2. The largest absolute Gasteiger partial charge is 0.318 e. The molecule has 2 N–H and O–H groups in total. The van der Waals surface area contributed by atoms with Gasteiger partial charge in [0.1, 0.15) is 0 Å². The van der Waals surface area contributed by atoms with Crippen molar-refractivity contribution < 1.29 is 9.59 Å². The van der Waals surface area contributed by atoms with E-state index in [0.29, 0.717) is 10.8 Å². The molecule has 0 radical (unpaired) electrons. The van der Waals surface area contributed by atoms with Gasteiger partial charge in [-0.25, -0.2) is 4.98 Å². The Morgan fingerprint density at radius 2 is 1.71 bits per heavy atom. The molecule has 0 aliphatic rings. The fourth-order valence-corrected chi connectivity index (χ4v) is 2.56. The number of thiazole rings is 1. The molecule has 0 saturated heterocycles. The van der Waals surface area contributed by atoms with Gasteiger partial charge in [-0.2, -0.15) is 0 Å². The van der Waals surface area contributed by atoms with Gasteiger partial charge in [0.2, 0.25) is 0 Å². The Bertz CT molecular complexity index is 687. The molecule has 2 aromatic rings. The lowest BCUT2D eigenvalue weighted by Gasteiger charge is -2.09. The SMILES string of the molecule is Cc1cccc(NC(=O)C(=O)Nc2nc(C)c(C)s2)c1C. The normalized spacial score (nSPS) is 10.3. The molecular weight excluding hydrogens is 286 g/mol. The van der Waals surface area contributed by atoms with Crippen LogP contribution in [0.1, 0.15) is 21.7 Å². The zero-order valence-electron chi connectivity index (χ0n) is 12.4. The maximum atomic E-state index is 11.9. The van der Waals surface area contributed by atoms with Crippen molar-refractivity contribution >= 4 is 34.0 Å². The number of aryl methyl sites for hydroxylation is 3. The van der Waals surface area contributed by atoms with Gasteiger partial charge in [-0.05, 0) is 44.9 Å². The van der Waals surface area contributed by atoms with Gasteiger partial charge in [-0.15, -0.1) is 11.3 Å². The number of amides is 2. The summed E-state index contributed by atoms with van der Waals surface area (Å²) < 4.78 is 0. The highest BCUT2D eigenvalue weighted by Gasteiger charge is 2.17.